The first-order chi connectivity index (χ1) is 12.4. The predicted molar refractivity (Wildman–Crippen MR) is 95.8 cm³/mol. The first-order valence-corrected chi connectivity index (χ1v) is 10.3. The molecule has 2 amide bonds. The third-order valence-corrected chi connectivity index (χ3v) is 6.94. The maximum Gasteiger partial charge on any atom is 0.317 e. The van der Waals surface area contributed by atoms with Crippen LogP contribution in [0, 0.1) is 5.82 Å². The van der Waals surface area contributed by atoms with Gasteiger partial charge in [0.05, 0.1) is 4.90 Å². The Balaban J connectivity index is 1.53. The fourth-order valence-corrected chi connectivity index (χ4v) is 4.73. The lowest BCUT2D eigenvalue weighted by Crippen LogP contribution is -2.55. The molecule has 0 aliphatic carbocycles. The largest absolute Gasteiger partial charge is 0.335 e. The number of halogens is 1. The Morgan fingerprint density at radius 1 is 1.04 bits per heavy atom. The monoisotopic (exact) mass is 384 g/mol. The van der Waals surface area contributed by atoms with Gasteiger partial charge in [0.15, 0.2) is 0 Å². The van der Waals surface area contributed by atoms with Gasteiger partial charge in [0.25, 0.3) is 0 Å². The number of benzene rings is 1. The third kappa shape index (κ3) is 4.33. The van der Waals surface area contributed by atoms with Crippen molar-refractivity contribution in [3.63, 3.8) is 0 Å². The fraction of sp³-hybridized carbons (Fsp3) is 0.588. The molecule has 0 aromatic heterocycles. The van der Waals surface area contributed by atoms with E-state index in [1.165, 1.54) is 16.4 Å². The van der Waals surface area contributed by atoms with Crippen molar-refractivity contribution >= 4 is 16.1 Å². The van der Waals surface area contributed by atoms with Gasteiger partial charge in [0.2, 0.25) is 10.0 Å². The van der Waals surface area contributed by atoms with Crippen molar-refractivity contribution in [3.8, 4) is 0 Å². The first-order valence-electron chi connectivity index (χ1n) is 8.86. The Morgan fingerprint density at radius 2 is 1.62 bits per heavy atom. The lowest BCUT2D eigenvalue weighted by Gasteiger charge is -2.36. The van der Waals surface area contributed by atoms with E-state index in [9.17, 15) is 17.6 Å². The highest BCUT2D eigenvalue weighted by Crippen LogP contribution is 2.18. The summed E-state index contributed by atoms with van der Waals surface area (Å²) in [6, 6.07) is 4.86. The molecule has 1 aromatic carbocycles. The van der Waals surface area contributed by atoms with E-state index in [4.69, 9.17) is 0 Å². The number of hydrogen-bond acceptors (Lipinski definition) is 4. The molecule has 0 atom stereocenters. The quantitative estimate of drug-likeness (QED) is 0.842. The second kappa shape index (κ2) is 7.89. The summed E-state index contributed by atoms with van der Waals surface area (Å²) in [6.45, 7) is 3.10. The average molecular weight is 384 g/mol. The zero-order chi connectivity index (χ0) is 18.7. The van der Waals surface area contributed by atoms with Crippen LogP contribution >= 0.6 is 0 Å². The number of carbonyl (C=O) groups is 1. The van der Waals surface area contributed by atoms with E-state index < -0.39 is 15.8 Å². The molecule has 0 unspecified atom stereocenters. The Hall–Kier alpha value is -1.71. The summed E-state index contributed by atoms with van der Waals surface area (Å²) in [5.41, 5.74) is 0. The molecule has 2 heterocycles. The summed E-state index contributed by atoms with van der Waals surface area (Å²) in [6.07, 6.45) is 1.86. The van der Waals surface area contributed by atoms with Gasteiger partial charge in [-0.05, 0) is 57.2 Å². The van der Waals surface area contributed by atoms with Crippen LogP contribution in [-0.4, -0.2) is 80.9 Å². The van der Waals surface area contributed by atoms with E-state index in [1.807, 2.05) is 0 Å². The smallest absolute Gasteiger partial charge is 0.317 e. The van der Waals surface area contributed by atoms with Crippen molar-refractivity contribution in [2.45, 2.75) is 23.8 Å². The van der Waals surface area contributed by atoms with E-state index in [1.54, 1.807) is 4.90 Å². The summed E-state index contributed by atoms with van der Waals surface area (Å²) in [4.78, 5) is 16.4. The number of rotatable bonds is 3. The van der Waals surface area contributed by atoms with Crippen LogP contribution in [0.15, 0.2) is 29.2 Å². The molecule has 1 N–H and O–H groups in total. The number of carbonyl (C=O) groups excluding carboxylic acids is 1. The highest BCUT2D eigenvalue weighted by molar-refractivity contribution is 7.89. The Labute approximate surface area is 153 Å². The van der Waals surface area contributed by atoms with Crippen molar-refractivity contribution in [2.75, 3.05) is 46.3 Å². The lowest BCUT2D eigenvalue weighted by molar-refractivity contribution is 0.161. The summed E-state index contributed by atoms with van der Waals surface area (Å²) >= 11 is 0. The Kier molecular flexibility index (Phi) is 5.79. The molecule has 2 aliphatic heterocycles. The molecule has 1 aromatic rings. The van der Waals surface area contributed by atoms with Crippen LogP contribution in [0.1, 0.15) is 12.8 Å². The van der Waals surface area contributed by atoms with E-state index in [-0.39, 0.29) is 30.1 Å². The third-order valence-electron chi connectivity index (χ3n) is 5.02. The second-order valence-electron chi connectivity index (χ2n) is 6.87. The molecule has 9 heteroatoms. The maximum atomic E-state index is 13.0. The highest BCUT2D eigenvalue weighted by Gasteiger charge is 2.31. The summed E-state index contributed by atoms with van der Waals surface area (Å²) < 4.78 is 39.6. The van der Waals surface area contributed by atoms with E-state index in [0.717, 1.165) is 38.1 Å². The van der Waals surface area contributed by atoms with Gasteiger partial charge in [-0.1, -0.05) is 0 Å². The molecule has 2 aliphatic rings. The maximum absolute atomic E-state index is 13.0. The molecule has 26 heavy (non-hydrogen) atoms. The number of piperazine rings is 1. The minimum absolute atomic E-state index is 0.0723. The summed E-state index contributed by atoms with van der Waals surface area (Å²) in [5.74, 6) is -0.473. The van der Waals surface area contributed by atoms with Crippen LogP contribution in [0.2, 0.25) is 0 Å². The van der Waals surface area contributed by atoms with Crippen LogP contribution in [0.4, 0.5) is 9.18 Å². The predicted octanol–water partition coefficient (Wildman–Crippen LogP) is 0.936. The van der Waals surface area contributed by atoms with E-state index >= 15 is 0 Å². The van der Waals surface area contributed by atoms with Crippen molar-refractivity contribution in [3.05, 3.63) is 30.1 Å². The number of sulfonamides is 1. The molecular weight excluding hydrogens is 359 g/mol. The number of nitrogens with zero attached hydrogens (tertiary/aromatic N) is 3. The van der Waals surface area contributed by atoms with Gasteiger partial charge in [0.1, 0.15) is 5.82 Å². The SMILES string of the molecule is CN1CCC(NC(=O)N2CCN(S(=O)(=O)c3ccc(F)cc3)CC2)CC1. The molecule has 0 bridgehead atoms. The minimum atomic E-state index is -3.66. The molecule has 2 saturated heterocycles. The van der Waals surface area contributed by atoms with Crippen molar-refractivity contribution < 1.29 is 17.6 Å². The van der Waals surface area contributed by atoms with Gasteiger partial charge in [-0.2, -0.15) is 4.31 Å². The van der Waals surface area contributed by atoms with Crippen molar-refractivity contribution in [2.24, 2.45) is 0 Å². The minimum Gasteiger partial charge on any atom is -0.335 e. The van der Waals surface area contributed by atoms with Gasteiger partial charge in [-0.15, -0.1) is 0 Å². The van der Waals surface area contributed by atoms with Gasteiger partial charge in [0, 0.05) is 32.2 Å². The normalized spacial score (nSPS) is 20.9. The number of urea groups is 1. The molecule has 3 rings (SSSR count). The van der Waals surface area contributed by atoms with E-state index in [2.05, 4.69) is 17.3 Å². The van der Waals surface area contributed by atoms with Crippen LogP contribution in [0.5, 0.6) is 0 Å². The number of likely N-dealkylation sites (tertiary alicyclic amines) is 1. The number of nitrogens with one attached hydrogen (secondary N) is 1. The molecule has 2 fully saturated rings. The number of piperidine rings is 1. The van der Waals surface area contributed by atoms with Crippen LogP contribution < -0.4 is 5.32 Å². The molecular formula is C17H25FN4O3S. The molecule has 144 valence electrons. The molecule has 7 nitrogen and oxygen atoms in total. The van der Waals surface area contributed by atoms with Gasteiger partial charge >= 0.3 is 6.03 Å². The zero-order valence-corrected chi connectivity index (χ0v) is 15.7. The topological polar surface area (TPSA) is 73.0 Å². The van der Waals surface area contributed by atoms with Gasteiger partial charge < -0.3 is 15.1 Å². The molecule has 0 radical (unpaired) electrons. The highest BCUT2D eigenvalue weighted by atomic mass is 32.2. The number of hydrogen-bond donors (Lipinski definition) is 1. The van der Waals surface area contributed by atoms with E-state index in [0.29, 0.717) is 13.1 Å². The molecule has 0 saturated carbocycles. The average Bonchev–Trinajstić information content (AvgIpc) is 2.64. The first kappa shape index (κ1) is 19.1. The second-order valence-corrected chi connectivity index (χ2v) is 8.81. The van der Waals surface area contributed by atoms with Gasteiger partial charge in [-0.25, -0.2) is 17.6 Å². The fourth-order valence-electron chi connectivity index (χ4n) is 3.31. The zero-order valence-electron chi connectivity index (χ0n) is 14.9. The van der Waals surface area contributed by atoms with Gasteiger partial charge in [-0.3, -0.25) is 0 Å². The van der Waals surface area contributed by atoms with Crippen LogP contribution in [0.3, 0.4) is 0 Å². The van der Waals surface area contributed by atoms with Crippen molar-refractivity contribution in [1.29, 1.82) is 0 Å². The van der Waals surface area contributed by atoms with Crippen molar-refractivity contribution in [1.82, 2.24) is 19.4 Å². The Bertz CT molecular complexity index is 725. The standard InChI is InChI=1S/C17H25FN4O3S/c1-20-8-6-15(7-9-20)19-17(23)21-10-12-22(13-11-21)26(24,25)16-4-2-14(18)3-5-16/h2-5,15H,6-13H2,1H3,(H,19,23). The Morgan fingerprint density at radius 3 is 2.19 bits per heavy atom. The summed E-state index contributed by atoms with van der Waals surface area (Å²) in [5, 5.41) is 3.05. The lowest BCUT2D eigenvalue weighted by atomic mass is 10.1. The van der Waals surface area contributed by atoms with Crippen LogP contribution in [0.25, 0.3) is 0 Å². The molecule has 0 spiro atoms. The number of amides is 2. The summed E-state index contributed by atoms with van der Waals surface area (Å²) in [7, 11) is -1.59. The van der Waals surface area contributed by atoms with Crippen LogP contribution in [-0.2, 0) is 10.0 Å².